The molecule has 0 bridgehead atoms. The Bertz CT molecular complexity index is 1020. The van der Waals surface area contributed by atoms with Gasteiger partial charge in [-0.2, -0.15) is 0 Å². The molecule has 0 amide bonds. The fourth-order valence-corrected chi connectivity index (χ4v) is 4.43. The highest BCUT2D eigenvalue weighted by molar-refractivity contribution is 7.94. The Morgan fingerprint density at radius 1 is 1.23 bits per heavy atom. The van der Waals surface area contributed by atoms with Gasteiger partial charge in [-0.3, -0.25) is 4.72 Å². The number of rotatable bonds is 6. The molecule has 3 aromatic rings. The highest BCUT2D eigenvalue weighted by atomic mass is 32.2. The fraction of sp³-hybridized carbons (Fsp3) is 0.176. The number of benzene rings is 1. The monoisotopic (exact) mass is 392 g/mol. The summed E-state index contributed by atoms with van der Waals surface area (Å²) in [6, 6.07) is 11.5. The molecule has 0 unspecified atom stereocenters. The Morgan fingerprint density at radius 2 is 1.96 bits per heavy atom. The molecule has 26 heavy (non-hydrogen) atoms. The van der Waals surface area contributed by atoms with Crippen LogP contribution in [-0.4, -0.2) is 26.2 Å². The van der Waals surface area contributed by atoms with Crippen LogP contribution in [0.3, 0.4) is 0 Å². The molecule has 0 saturated carbocycles. The lowest BCUT2D eigenvalue weighted by Crippen LogP contribution is -2.11. The molecule has 0 radical (unpaired) electrons. The first-order valence-electron chi connectivity index (χ1n) is 7.72. The van der Waals surface area contributed by atoms with Crippen LogP contribution in [0.1, 0.15) is 23.0 Å². The van der Waals surface area contributed by atoms with Gasteiger partial charge in [-0.1, -0.05) is 22.9 Å². The zero-order chi connectivity index (χ0) is 18.7. The molecule has 0 aliphatic heterocycles. The largest absolute Gasteiger partial charge is 0.461 e. The Hall–Kier alpha value is -2.65. The van der Waals surface area contributed by atoms with Crippen molar-refractivity contribution >= 4 is 33.0 Å². The van der Waals surface area contributed by atoms with Crippen LogP contribution in [0.2, 0.25) is 0 Å². The second-order valence-corrected chi connectivity index (χ2v) is 8.38. The molecular formula is C17H16N2O5S2. The van der Waals surface area contributed by atoms with Crippen molar-refractivity contribution in [2.45, 2.75) is 18.1 Å². The van der Waals surface area contributed by atoms with Crippen LogP contribution in [-0.2, 0) is 14.8 Å². The molecule has 2 heterocycles. The van der Waals surface area contributed by atoms with E-state index in [2.05, 4.69) is 9.88 Å². The molecule has 0 aliphatic carbocycles. The maximum atomic E-state index is 12.5. The number of carbonyl (C=O) groups is 1. The van der Waals surface area contributed by atoms with Crippen LogP contribution >= 0.6 is 11.3 Å². The van der Waals surface area contributed by atoms with E-state index in [-0.39, 0.29) is 16.5 Å². The highest BCUT2D eigenvalue weighted by Gasteiger charge is 2.20. The minimum absolute atomic E-state index is 0.0393. The van der Waals surface area contributed by atoms with E-state index in [9.17, 15) is 13.2 Å². The van der Waals surface area contributed by atoms with E-state index in [1.807, 2.05) is 19.1 Å². The molecular weight excluding hydrogens is 376 g/mol. The molecule has 0 aliphatic rings. The summed E-state index contributed by atoms with van der Waals surface area (Å²) < 4.78 is 37.6. The van der Waals surface area contributed by atoms with E-state index in [1.165, 1.54) is 12.1 Å². The van der Waals surface area contributed by atoms with Crippen LogP contribution in [0.5, 0.6) is 0 Å². The minimum Gasteiger partial charge on any atom is -0.461 e. The quantitative estimate of drug-likeness (QED) is 0.643. The first kappa shape index (κ1) is 18.2. The first-order chi connectivity index (χ1) is 12.4. The average Bonchev–Trinajstić information content (AvgIpc) is 3.26. The molecule has 9 heteroatoms. The van der Waals surface area contributed by atoms with Crippen molar-refractivity contribution in [1.82, 2.24) is 5.16 Å². The molecule has 3 rings (SSSR count). The third kappa shape index (κ3) is 3.94. The molecule has 0 spiro atoms. The van der Waals surface area contributed by atoms with Crippen molar-refractivity contribution in [1.29, 1.82) is 0 Å². The van der Waals surface area contributed by atoms with Crippen LogP contribution in [0.15, 0.2) is 51.2 Å². The fourth-order valence-electron chi connectivity index (χ4n) is 2.12. The van der Waals surface area contributed by atoms with Gasteiger partial charge in [-0.25, -0.2) is 13.2 Å². The lowest BCUT2D eigenvalue weighted by molar-refractivity contribution is 0.0514. The van der Waals surface area contributed by atoms with Crippen LogP contribution in [0.25, 0.3) is 10.6 Å². The number of aromatic nitrogens is 1. The maximum absolute atomic E-state index is 12.5. The van der Waals surface area contributed by atoms with Crippen LogP contribution < -0.4 is 4.72 Å². The zero-order valence-corrected chi connectivity index (χ0v) is 15.7. The first-order valence-corrected chi connectivity index (χ1v) is 10.0. The van der Waals surface area contributed by atoms with Gasteiger partial charge in [0.2, 0.25) is 0 Å². The summed E-state index contributed by atoms with van der Waals surface area (Å²) >= 11 is 1.02. The summed E-state index contributed by atoms with van der Waals surface area (Å²) in [7, 11) is -3.72. The van der Waals surface area contributed by atoms with Crippen molar-refractivity contribution in [3.63, 3.8) is 0 Å². The second-order valence-electron chi connectivity index (χ2n) is 5.39. The Morgan fingerprint density at radius 3 is 2.65 bits per heavy atom. The van der Waals surface area contributed by atoms with E-state index in [0.29, 0.717) is 16.3 Å². The topological polar surface area (TPSA) is 98.5 Å². The number of anilines is 1. The molecule has 1 aromatic carbocycles. The predicted molar refractivity (Wildman–Crippen MR) is 97.8 cm³/mol. The average molecular weight is 392 g/mol. The van der Waals surface area contributed by atoms with Gasteiger partial charge in [0.1, 0.15) is 4.21 Å². The molecule has 136 valence electrons. The number of carbonyl (C=O) groups excluding carboxylic acids is 1. The number of esters is 1. The van der Waals surface area contributed by atoms with Gasteiger partial charge in [0.05, 0.1) is 11.5 Å². The molecule has 1 N–H and O–H groups in total. The van der Waals surface area contributed by atoms with Crippen molar-refractivity contribution in [2.24, 2.45) is 0 Å². The van der Waals surface area contributed by atoms with Gasteiger partial charge in [0.15, 0.2) is 11.5 Å². The Labute approximate surface area is 154 Å². The summed E-state index contributed by atoms with van der Waals surface area (Å²) in [6.45, 7) is 3.84. The number of sulfonamides is 1. The SMILES string of the molecule is CCOC(=O)c1cc(-c2ccc(S(=O)(=O)Nc3ccc(C)cc3)s2)on1. The number of nitrogens with one attached hydrogen (secondary N) is 1. The Balaban J connectivity index is 1.80. The number of nitrogens with zero attached hydrogens (tertiary/aromatic N) is 1. The van der Waals surface area contributed by atoms with Crippen LogP contribution in [0, 0.1) is 6.92 Å². The van der Waals surface area contributed by atoms with Crippen molar-refractivity contribution in [3.8, 4) is 10.6 Å². The number of aryl methyl sites for hydroxylation is 1. The van der Waals surface area contributed by atoms with Gasteiger partial charge in [0, 0.05) is 11.8 Å². The standard InChI is InChI=1S/C17H16N2O5S2/c1-3-23-17(20)13-10-14(24-18-13)15-8-9-16(25-15)26(21,22)19-12-6-4-11(2)5-7-12/h4-10,19H,3H2,1-2H3. The number of thiophene rings is 1. The van der Waals surface area contributed by atoms with E-state index in [1.54, 1.807) is 25.1 Å². The van der Waals surface area contributed by atoms with Gasteiger partial charge in [-0.15, -0.1) is 11.3 Å². The Kier molecular flexibility index (Phi) is 5.10. The summed E-state index contributed by atoms with van der Waals surface area (Å²) in [5, 5.41) is 3.65. The van der Waals surface area contributed by atoms with Crippen molar-refractivity contribution < 1.29 is 22.5 Å². The molecule has 7 nitrogen and oxygen atoms in total. The van der Waals surface area contributed by atoms with Crippen LogP contribution in [0.4, 0.5) is 5.69 Å². The summed E-state index contributed by atoms with van der Waals surface area (Å²) in [4.78, 5) is 12.2. The normalized spacial score (nSPS) is 11.3. The maximum Gasteiger partial charge on any atom is 0.360 e. The number of ether oxygens (including phenoxy) is 1. The third-order valence-electron chi connectivity index (χ3n) is 3.39. The van der Waals surface area contributed by atoms with Crippen molar-refractivity contribution in [2.75, 3.05) is 11.3 Å². The van der Waals surface area contributed by atoms with Gasteiger partial charge >= 0.3 is 5.97 Å². The van der Waals surface area contributed by atoms with Gasteiger partial charge in [-0.05, 0) is 38.1 Å². The minimum atomic E-state index is -3.72. The van der Waals surface area contributed by atoms with Crippen molar-refractivity contribution in [3.05, 3.63) is 53.7 Å². The van der Waals surface area contributed by atoms with E-state index >= 15 is 0 Å². The zero-order valence-electron chi connectivity index (χ0n) is 14.1. The summed E-state index contributed by atoms with van der Waals surface area (Å²) in [6.07, 6.45) is 0. The van der Waals surface area contributed by atoms with Gasteiger partial charge in [0.25, 0.3) is 10.0 Å². The van der Waals surface area contributed by atoms with E-state index in [0.717, 1.165) is 16.9 Å². The molecule has 0 atom stereocenters. The third-order valence-corrected chi connectivity index (χ3v) is 6.36. The highest BCUT2D eigenvalue weighted by Crippen LogP contribution is 2.32. The predicted octanol–water partition coefficient (Wildman–Crippen LogP) is 3.69. The number of hydrogen-bond acceptors (Lipinski definition) is 7. The van der Waals surface area contributed by atoms with E-state index < -0.39 is 16.0 Å². The molecule has 0 saturated heterocycles. The lowest BCUT2D eigenvalue weighted by atomic mass is 10.2. The molecule has 2 aromatic heterocycles. The summed E-state index contributed by atoms with van der Waals surface area (Å²) in [5.74, 6) is -0.289. The van der Waals surface area contributed by atoms with E-state index in [4.69, 9.17) is 9.26 Å². The lowest BCUT2D eigenvalue weighted by Gasteiger charge is -2.06. The summed E-state index contributed by atoms with van der Waals surface area (Å²) in [5.41, 5.74) is 1.56. The smallest absolute Gasteiger partial charge is 0.360 e. The number of hydrogen-bond donors (Lipinski definition) is 1. The molecule has 0 fully saturated rings. The van der Waals surface area contributed by atoms with Gasteiger partial charge < -0.3 is 9.26 Å². The second kappa shape index (κ2) is 7.30.